The van der Waals surface area contributed by atoms with Crippen LogP contribution in [0.5, 0.6) is 0 Å². The Morgan fingerprint density at radius 3 is 1.63 bits per heavy atom. The number of carbonyl (C=O) groups excluding carboxylic acids is 1. The van der Waals surface area contributed by atoms with Crippen molar-refractivity contribution in [3.63, 3.8) is 0 Å². The van der Waals surface area contributed by atoms with Gasteiger partial charge in [-0.15, -0.1) is 0 Å². The first kappa shape index (κ1) is 21.8. The highest BCUT2D eigenvalue weighted by Crippen LogP contribution is 2.31. The zero-order chi connectivity index (χ0) is 21.4. The van der Waals surface area contributed by atoms with Gasteiger partial charge in [-0.2, -0.15) is 8.61 Å². The number of nitrogens with zero attached hydrogens (tertiary/aromatic N) is 4. The highest BCUT2D eigenvalue weighted by atomic mass is 32.2. The number of ether oxygens (including phenoxy) is 1. The number of carbonyl (C=O) groups is 1. The molecule has 3 fully saturated rings. The third kappa shape index (κ3) is 4.15. The van der Waals surface area contributed by atoms with Gasteiger partial charge in [0.2, 0.25) is 26.0 Å². The van der Waals surface area contributed by atoms with Crippen molar-refractivity contribution in [2.75, 3.05) is 52.5 Å². The van der Waals surface area contributed by atoms with Gasteiger partial charge in [0.15, 0.2) is 0 Å². The number of hydrogen-bond donors (Lipinski definition) is 0. The Balaban J connectivity index is 1.69. The normalized spacial score (nSPS) is 22.1. The molecule has 1 aromatic rings. The summed E-state index contributed by atoms with van der Waals surface area (Å²) in [6.45, 7) is 3.26. The monoisotopic (exact) mass is 460 g/mol. The van der Waals surface area contributed by atoms with Crippen molar-refractivity contribution in [1.82, 2.24) is 18.1 Å². The van der Waals surface area contributed by atoms with E-state index in [4.69, 9.17) is 4.74 Å². The predicted octanol–water partition coefficient (Wildman–Crippen LogP) is -0.0841. The molecule has 4 rings (SSSR count). The van der Waals surface area contributed by atoms with Crippen molar-refractivity contribution in [3.8, 4) is 0 Å². The molecule has 3 aliphatic rings. The minimum atomic E-state index is -3.96. The summed E-state index contributed by atoms with van der Waals surface area (Å²) in [6.07, 6.45) is 5.62. The molecule has 1 aromatic heterocycles. The average Bonchev–Trinajstić information content (AvgIpc) is 3.50. The van der Waals surface area contributed by atoms with Crippen molar-refractivity contribution in [1.29, 1.82) is 0 Å². The number of sulfonamides is 2. The van der Waals surface area contributed by atoms with Gasteiger partial charge in [0.1, 0.15) is 16.3 Å². The minimum Gasteiger partial charge on any atom is -0.378 e. The van der Waals surface area contributed by atoms with Gasteiger partial charge in [0.05, 0.1) is 13.2 Å². The van der Waals surface area contributed by atoms with Crippen molar-refractivity contribution in [2.24, 2.45) is 0 Å². The van der Waals surface area contributed by atoms with Crippen LogP contribution in [0.4, 0.5) is 0 Å². The van der Waals surface area contributed by atoms with Crippen LogP contribution in [0.1, 0.15) is 25.7 Å². The van der Waals surface area contributed by atoms with Crippen molar-refractivity contribution in [3.05, 3.63) is 12.4 Å². The van der Waals surface area contributed by atoms with E-state index in [1.165, 1.54) is 25.6 Å². The minimum absolute atomic E-state index is 0.113. The molecule has 3 saturated heterocycles. The lowest BCUT2D eigenvalue weighted by atomic mass is 10.4. The lowest BCUT2D eigenvalue weighted by Crippen LogP contribution is -2.42. The quantitative estimate of drug-likeness (QED) is 0.587. The molecule has 12 heteroatoms. The second kappa shape index (κ2) is 8.58. The summed E-state index contributed by atoms with van der Waals surface area (Å²) >= 11 is 0. The lowest BCUT2D eigenvalue weighted by Gasteiger charge is -2.26. The summed E-state index contributed by atoms with van der Waals surface area (Å²) in [5.41, 5.74) is 0. The Bertz CT molecular complexity index is 922. The summed E-state index contributed by atoms with van der Waals surface area (Å²) < 4.78 is 62.3. The number of rotatable bonds is 6. The largest absolute Gasteiger partial charge is 0.378 e. The molecule has 0 spiro atoms. The number of morpholine rings is 1. The Morgan fingerprint density at radius 2 is 1.20 bits per heavy atom. The van der Waals surface area contributed by atoms with Crippen molar-refractivity contribution < 1.29 is 26.4 Å². The van der Waals surface area contributed by atoms with E-state index < -0.39 is 20.0 Å². The van der Waals surface area contributed by atoms with Crippen molar-refractivity contribution >= 4 is 26.0 Å². The van der Waals surface area contributed by atoms with E-state index >= 15 is 0 Å². The fourth-order valence-corrected chi connectivity index (χ4v) is 7.97. The summed E-state index contributed by atoms with van der Waals surface area (Å²) in [5, 5.41) is 0. The third-order valence-corrected chi connectivity index (χ3v) is 9.84. The fourth-order valence-electron chi connectivity index (χ4n) is 4.15. The molecule has 0 N–H and O–H groups in total. The van der Waals surface area contributed by atoms with Crippen LogP contribution in [0.3, 0.4) is 0 Å². The van der Waals surface area contributed by atoms with Crippen LogP contribution in [0.15, 0.2) is 22.2 Å². The van der Waals surface area contributed by atoms with Crippen LogP contribution in [-0.2, 0) is 36.1 Å². The average molecular weight is 461 g/mol. The maximum absolute atomic E-state index is 13.2. The molecule has 30 heavy (non-hydrogen) atoms. The van der Waals surface area contributed by atoms with Gasteiger partial charge in [-0.25, -0.2) is 16.8 Å². The molecule has 0 aliphatic carbocycles. The first-order valence-corrected chi connectivity index (χ1v) is 13.2. The van der Waals surface area contributed by atoms with Crippen molar-refractivity contribution in [2.45, 2.75) is 42.0 Å². The molecule has 0 unspecified atom stereocenters. The molecule has 3 aliphatic heterocycles. The Labute approximate surface area is 177 Å². The zero-order valence-electron chi connectivity index (χ0n) is 16.9. The smallest absolute Gasteiger partial charge is 0.245 e. The SMILES string of the molecule is O=C(Cn1cc(S(=O)(=O)N2CCCC2)c(S(=O)(=O)N2CCCC2)c1)N1CCOCC1. The fraction of sp³-hybridized carbons (Fsp3) is 0.722. The van der Waals surface area contributed by atoms with Crippen LogP contribution in [0.2, 0.25) is 0 Å². The van der Waals surface area contributed by atoms with Gasteiger partial charge >= 0.3 is 0 Å². The van der Waals surface area contributed by atoms with Gasteiger partial charge < -0.3 is 14.2 Å². The molecule has 0 radical (unpaired) electrons. The molecule has 168 valence electrons. The number of hydrogen-bond acceptors (Lipinski definition) is 6. The summed E-state index contributed by atoms with van der Waals surface area (Å²) in [5.74, 6) is -0.191. The maximum atomic E-state index is 13.2. The predicted molar refractivity (Wildman–Crippen MR) is 108 cm³/mol. The van der Waals surface area contributed by atoms with Gasteiger partial charge in [-0.3, -0.25) is 4.79 Å². The topological polar surface area (TPSA) is 109 Å². The molecule has 10 nitrogen and oxygen atoms in total. The summed E-state index contributed by atoms with van der Waals surface area (Å²) in [6, 6.07) is 0. The number of amides is 1. The first-order valence-electron chi connectivity index (χ1n) is 10.4. The highest BCUT2D eigenvalue weighted by Gasteiger charge is 2.38. The van der Waals surface area contributed by atoms with Crippen LogP contribution in [0, 0.1) is 0 Å². The first-order chi connectivity index (χ1) is 14.3. The van der Waals surface area contributed by atoms with E-state index in [1.807, 2.05) is 0 Å². The van der Waals surface area contributed by atoms with Gasteiger partial charge in [-0.05, 0) is 25.7 Å². The van der Waals surface area contributed by atoms with Crippen LogP contribution in [-0.4, -0.2) is 93.3 Å². The molecule has 1 amide bonds. The highest BCUT2D eigenvalue weighted by molar-refractivity contribution is 7.92. The van der Waals surface area contributed by atoms with E-state index in [0.29, 0.717) is 52.5 Å². The molecular weight excluding hydrogens is 432 g/mol. The molecule has 0 saturated carbocycles. The zero-order valence-corrected chi connectivity index (χ0v) is 18.5. The van der Waals surface area contributed by atoms with E-state index in [9.17, 15) is 21.6 Å². The Kier molecular flexibility index (Phi) is 6.22. The van der Waals surface area contributed by atoms with Gasteiger partial charge in [0, 0.05) is 51.7 Å². The molecule has 0 aromatic carbocycles. The van der Waals surface area contributed by atoms with E-state index in [0.717, 1.165) is 25.7 Å². The van der Waals surface area contributed by atoms with E-state index in [2.05, 4.69) is 0 Å². The molecule has 0 bridgehead atoms. The summed E-state index contributed by atoms with van der Waals surface area (Å²) in [4.78, 5) is 13.8. The van der Waals surface area contributed by atoms with Gasteiger partial charge in [0.25, 0.3) is 0 Å². The van der Waals surface area contributed by atoms with Gasteiger partial charge in [-0.1, -0.05) is 0 Å². The third-order valence-electron chi connectivity index (χ3n) is 5.86. The Morgan fingerprint density at radius 1 is 0.767 bits per heavy atom. The second-order valence-electron chi connectivity index (χ2n) is 7.87. The van der Waals surface area contributed by atoms with Crippen LogP contribution >= 0.6 is 0 Å². The van der Waals surface area contributed by atoms with Crippen LogP contribution in [0.25, 0.3) is 0 Å². The second-order valence-corrected chi connectivity index (χ2v) is 11.7. The van der Waals surface area contributed by atoms with E-state index in [1.54, 1.807) is 4.90 Å². The van der Waals surface area contributed by atoms with E-state index in [-0.39, 0.29) is 22.2 Å². The van der Waals surface area contributed by atoms with Crippen LogP contribution < -0.4 is 0 Å². The maximum Gasteiger partial charge on any atom is 0.245 e. The molecule has 0 atom stereocenters. The number of aromatic nitrogens is 1. The molecular formula is C18H28N4O6S2. The Hall–Kier alpha value is -1.47. The molecule has 4 heterocycles. The standard InChI is InChI=1S/C18H28N4O6S2/c23-18(20-9-11-28-12-10-20)15-19-13-16(29(24,25)21-5-1-2-6-21)17(14-19)30(26,27)22-7-3-4-8-22/h13-14H,1-12,15H2. The lowest BCUT2D eigenvalue weighted by molar-refractivity contribution is -0.135. The summed E-state index contributed by atoms with van der Waals surface area (Å²) in [7, 11) is -7.92.